The van der Waals surface area contributed by atoms with Gasteiger partial charge in [0.15, 0.2) is 0 Å². The Morgan fingerprint density at radius 1 is 1.33 bits per heavy atom. The lowest BCUT2D eigenvalue weighted by molar-refractivity contribution is -0.0498. The van der Waals surface area contributed by atoms with E-state index in [2.05, 4.69) is 9.72 Å². The van der Waals surface area contributed by atoms with E-state index in [4.69, 9.17) is 16.3 Å². The van der Waals surface area contributed by atoms with Gasteiger partial charge in [-0.25, -0.2) is 15.2 Å². The van der Waals surface area contributed by atoms with Crippen molar-refractivity contribution < 1.29 is 22.6 Å². The van der Waals surface area contributed by atoms with Crippen molar-refractivity contribution in [3.05, 3.63) is 54.0 Å². The molecule has 0 saturated carbocycles. The van der Waals surface area contributed by atoms with E-state index in [0.717, 1.165) is 0 Å². The van der Waals surface area contributed by atoms with Gasteiger partial charge in [-0.1, -0.05) is 12.1 Å². The molecule has 0 radical (unpaired) electrons. The minimum absolute atomic E-state index is 0.00605. The fraction of sp³-hybridized carbons (Fsp3) is 0.278. The maximum absolute atomic E-state index is 12.5. The Morgan fingerprint density at radius 2 is 2.11 bits per heavy atom. The van der Waals surface area contributed by atoms with Crippen molar-refractivity contribution in [1.82, 2.24) is 9.99 Å². The van der Waals surface area contributed by atoms with E-state index in [-0.39, 0.29) is 18.0 Å². The van der Waals surface area contributed by atoms with Gasteiger partial charge in [0.05, 0.1) is 18.8 Å². The average molecular weight is 382 g/mol. The van der Waals surface area contributed by atoms with Crippen molar-refractivity contribution >= 4 is 0 Å². The monoisotopic (exact) mass is 382 g/mol. The Hall–Kier alpha value is -2.94. The number of halogens is 3. The van der Waals surface area contributed by atoms with Crippen molar-refractivity contribution in [3.63, 3.8) is 0 Å². The fourth-order valence-corrected chi connectivity index (χ4v) is 2.38. The number of hydrogen-bond acceptors (Lipinski definition) is 6. The van der Waals surface area contributed by atoms with Gasteiger partial charge in [0.2, 0.25) is 5.88 Å². The molecule has 0 atom stereocenters. The topological polar surface area (TPSA) is 86.6 Å². The van der Waals surface area contributed by atoms with Crippen LogP contribution in [-0.4, -0.2) is 29.9 Å². The number of hydrogen-bond donors (Lipinski definition) is 2. The third-order valence-electron chi connectivity index (χ3n) is 3.41. The average Bonchev–Trinajstić information content (AvgIpc) is 2.62. The molecule has 0 aliphatic rings. The number of benzene rings is 1. The van der Waals surface area contributed by atoms with Gasteiger partial charge in [0, 0.05) is 18.0 Å². The van der Waals surface area contributed by atoms with Crippen LogP contribution in [0.1, 0.15) is 12.5 Å². The highest BCUT2D eigenvalue weighted by Crippen LogP contribution is 2.32. The molecule has 9 heteroatoms. The number of alkyl halides is 3. The second kappa shape index (κ2) is 9.67. The van der Waals surface area contributed by atoms with Crippen molar-refractivity contribution in [1.29, 1.82) is 0 Å². The highest BCUT2D eigenvalue weighted by molar-refractivity contribution is 5.70. The lowest BCUT2D eigenvalue weighted by Crippen LogP contribution is -2.26. The van der Waals surface area contributed by atoms with Crippen LogP contribution in [0.3, 0.4) is 0 Å². The number of rotatable bonds is 9. The van der Waals surface area contributed by atoms with E-state index in [9.17, 15) is 13.2 Å². The molecule has 0 fully saturated rings. The molecule has 0 unspecified atom stereocenters. The summed E-state index contributed by atoms with van der Waals surface area (Å²) >= 11 is 0. The minimum atomic E-state index is -2.92. The Labute approximate surface area is 155 Å². The first-order valence-electron chi connectivity index (χ1n) is 8.13. The normalized spacial score (nSPS) is 11.6. The molecule has 1 heterocycles. The highest BCUT2D eigenvalue weighted by Gasteiger charge is 2.12. The summed E-state index contributed by atoms with van der Waals surface area (Å²) in [5.41, 5.74) is 7.29. The van der Waals surface area contributed by atoms with Crippen LogP contribution < -0.4 is 21.1 Å². The second-order valence-electron chi connectivity index (χ2n) is 5.55. The maximum Gasteiger partial charge on any atom is 0.387 e. The zero-order chi connectivity index (χ0) is 19.8. The summed E-state index contributed by atoms with van der Waals surface area (Å²) in [4.78, 5) is 4.27. The van der Waals surface area contributed by atoms with Gasteiger partial charge in [-0.05, 0) is 36.2 Å². The van der Waals surface area contributed by atoms with Gasteiger partial charge in [-0.3, -0.25) is 0 Å². The van der Waals surface area contributed by atoms with Crippen LogP contribution in [0.15, 0.2) is 48.4 Å². The number of hydrazine groups is 1. The molecular formula is C18H21F3N4O2. The molecule has 1 aromatic carbocycles. The van der Waals surface area contributed by atoms with Gasteiger partial charge in [0.1, 0.15) is 12.4 Å². The molecule has 0 aliphatic carbocycles. The molecule has 2 aromatic rings. The van der Waals surface area contributed by atoms with E-state index < -0.39 is 13.3 Å². The highest BCUT2D eigenvalue weighted by atomic mass is 19.3. The summed E-state index contributed by atoms with van der Waals surface area (Å²) in [7, 11) is 0. The van der Waals surface area contributed by atoms with Crippen molar-refractivity contribution in [2.75, 3.05) is 13.3 Å². The maximum atomic E-state index is 12.5. The van der Waals surface area contributed by atoms with Crippen LogP contribution >= 0.6 is 0 Å². The molecule has 0 bridgehead atoms. The van der Waals surface area contributed by atoms with Gasteiger partial charge in [-0.2, -0.15) is 8.78 Å². The number of pyridine rings is 1. The third-order valence-corrected chi connectivity index (χ3v) is 3.41. The Balaban J connectivity index is 2.35. The summed E-state index contributed by atoms with van der Waals surface area (Å²) in [6.07, 6.45) is 2.85. The number of aromatic nitrogens is 1. The van der Waals surface area contributed by atoms with Crippen LogP contribution in [0.25, 0.3) is 11.1 Å². The van der Waals surface area contributed by atoms with Crippen molar-refractivity contribution in [2.45, 2.75) is 20.1 Å². The number of ether oxygens (including phenoxy) is 2. The first-order valence-corrected chi connectivity index (χ1v) is 8.13. The lowest BCUT2D eigenvalue weighted by atomic mass is 10.0. The van der Waals surface area contributed by atoms with Crippen molar-refractivity contribution in [2.24, 2.45) is 11.6 Å². The molecule has 0 aliphatic heterocycles. The summed E-state index contributed by atoms with van der Waals surface area (Å²) in [5, 5.41) is 1.23. The van der Waals surface area contributed by atoms with Gasteiger partial charge < -0.3 is 20.2 Å². The molecule has 2 rings (SSSR count). The van der Waals surface area contributed by atoms with Crippen LogP contribution in [0.5, 0.6) is 11.6 Å². The van der Waals surface area contributed by atoms with Crippen molar-refractivity contribution in [3.8, 4) is 22.8 Å². The van der Waals surface area contributed by atoms with Crippen LogP contribution in [0.4, 0.5) is 13.2 Å². The van der Waals surface area contributed by atoms with E-state index in [1.54, 1.807) is 24.4 Å². The summed E-state index contributed by atoms with van der Waals surface area (Å²) in [5.74, 6) is 6.16. The first kappa shape index (κ1) is 20.4. The predicted molar refractivity (Wildman–Crippen MR) is 95.4 cm³/mol. The second-order valence-corrected chi connectivity index (χ2v) is 5.55. The molecule has 0 amide bonds. The Morgan fingerprint density at radius 3 is 2.78 bits per heavy atom. The van der Waals surface area contributed by atoms with E-state index >= 15 is 0 Å². The summed E-state index contributed by atoms with van der Waals surface area (Å²) in [6.45, 7) is -1.33. The van der Waals surface area contributed by atoms with Crippen LogP contribution in [0.2, 0.25) is 0 Å². The first-order chi connectivity index (χ1) is 12.9. The van der Waals surface area contributed by atoms with Gasteiger partial charge in [-0.15, -0.1) is 0 Å². The third kappa shape index (κ3) is 6.07. The number of nitrogens with two attached hydrogens (primary N) is 2. The molecule has 6 nitrogen and oxygen atoms in total. The minimum Gasteiger partial charge on any atom is -0.478 e. The van der Waals surface area contributed by atoms with E-state index in [1.807, 2.05) is 6.92 Å². The molecule has 0 spiro atoms. The number of nitrogens with zero attached hydrogens (tertiary/aromatic N) is 2. The smallest absolute Gasteiger partial charge is 0.387 e. The lowest BCUT2D eigenvalue weighted by Gasteiger charge is -2.16. The van der Waals surface area contributed by atoms with Gasteiger partial charge >= 0.3 is 6.61 Å². The zero-order valence-electron chi connectivity index (χ0n) is 14.7. The van der Waals surface area contributed by atoms with Crippen LogP contribution in [0, 0.1) is 0 Å². The molecule has 146 valence electrons. The van der Waals surface area contributed by atoms with Gasteiger partial charge in [0.25, 0.3) is 0 Å². The largest absolute Gasteiger partial charge is 0.478 e. The molecule has 4 N–H and O–H groups in total. The summed E-state index contributed by atoms with van der Waals surface area (Å²) in [6, 6.07) is 7.98. The zero-order valence-corrected chi connectivity index (χ0v) is 14.7. The number of allylic oxidation sites excluding steroid dienone is 1. The molecule has 0 saturated heterocycles. The SMILES string of the molecule is CCOc1ncc(CN(N)/C=C(\N)CF)cc1-c1cccc(OC(F)F)c1. The molecule has 27 heavy (non-hydrogen) atoms. The Bertz CT molecular complexity index is 787. The van der Waals surface area contributed by atoms with E-state index in [0.29, 0.717) is 29.2 Å². The molecule has 1 aromatic heterocycles. The summed E-state index contributed by atoms with van der Waals surface area (Å²) < 4.78 is 47.4. The standard InChI is InChI=1S/C18H21F3N4O2/c1-2-26-17-16(13-4-3-5-15(7-13)27-18(20)21)6-12(9-24-17)10-25(23)11-14(22)8-19/h3-7,9,11,18H,2,8,10,22-23H2,1H3/b14-11-. The fourth-order valence-electron chi connectivity index (χ4n) is 2.38. The quantitative estimate of drug-likeness (QED) is 0.512. The van der Waals surface area contributed by atoms with E-state index in [1.165, 1.54) is 23.3 Å². The Kier molecular flexibility index (Phi) is 7.30. The van der Waals surface area contributed by atoms with Crippen LogP contribution in [-0.2, 0) is 6.54 Å². The predicted octanol–water partition coefficient (Wildman–Crippen LogP) is 3.19. The molecular weight excluding hydrogens is 361 g/mol.